The van der Waals surface area contributed by atoms with Crippen molar-refractivity contribution < 1.29 is 48.3 Å². The minimum absolute atomic E-state index is 1.54. The number of primary amides is 1. The second-order valence-electron chi connectivity index (χ2n) is 4.36. The quantitative estimate of drug-likeness (QED) is 0.703. The Balaban J connectivity index is 5.07. The summed E-state index contributed by atoms with van der Waals surface area (Å²) in [6.07, 6.45) is -16.4. The molecule has 4 nitrogen and oxygen atoms in total. The summed E-state index contributed by atoms with van der Waals surface area (Å²) < 4.78 is 120. The van der Waals surface area contributed by atoms with Gasteiger partial charge >= 0.3 is 18.3 Å². The highest BCUT2D eigenvalue weighted by molar-refractivity contribution is 7.92. The Bertz CT molecular complexity index is 496. The lowest BCUT2D eigenvalue weighted by atomic mass is 10.1. The van der Waals surface area contributed by atoms with Crippen LogP contribution in [0.25, 0.3) is 0 Å². The van der Waals surface area contributed by atoms with Gasteiger partial charge in [-0.2, -0.15) is 35.1 Å². The van der Waals surface area contributed by atoms with E-state index in [2.05, 4.69) is 5.73 Å². The largest absolute Gasteiger partial charge is 0.453 e. The molecule has 13 heteroatoms. The molecule has 0 rings (SSSR count). The van der Waals surface area contributed by atoms with E-state index in [4.69, 9.17) is 0 Å². The molecule has 0 heterocycles. The summed E-state index contributed by atoms with van der Waals surface area (Å²) in [6, 6.07) is 0. The number of nitrogens with two attached hydrogens (primary N) is 1. The van der Waals surface area contributed by atoms with Crippen LogP contribution in [0, 0.1) is 0 Å². The smallest absolute Gasteiger partial charge is 0.369 e. The molecule has 0 aliphatic rings. The van der Waals surface area contributed by atoms with Gasteiger partial charge in [0.1, 0.15) is 5.25 Å². The SMILES string of the molecule is NC(=O)C(CCC(F)(F)C(F)(F)F)S(=O)(=O)CCC(F)(F)F. The zero-order valence-electron chi connectivity index (χ0n) is 10.6. The third-order valence-corrected chi connectivity index (χ3v) is 4.66. The molecular weight excluding hydrogens is 354 g/mol. The van der Waals surface area contributed by atoms with Crippen LogP contribution in [0.15, 0.2) is 0 Å². The van der Waals surface area contributed by atoms with Gasteiger partial charge in [0, 0.05) is 6.42 Å². The molecule has 0 aromatic carbocycles. The fourth-order valence-electron chi connectivity index (χ4n) is 1.35. The predicted octanol–water partition coefficient (Wildman–Crippen LogP) is 2.19. The van der Waals surface area contributed by atoms with Crippen molar-refractivity contribution in [1.82, 2.24) is 0 Å². The molecule has 0 aromatic rings. The van der Waals surface area contributed by atoms with Gasteiger partial charge < -0.3 is 5.73 Å². The van der Waals surface area contributed by atoms with Crippen LogP contribution in [-0.4, -0.2) is 43.6 Å². The number of amides is 1. The van der Waals surface area contributed by atoms with Gasteiger partial charge in [-0.05, 0) is 6.42 Å². The molecule has 0 aromatic heterocycles. The molecule has 1 atom stereocenters. The van der Waals surface area contributed by atoms with Gasteiger partial charge in [0.2, 0.25) is 5.91 Å². The van der Waals surface area contributed by atoms with E-state index in [0.717, 1.165) is 0 Å². The van der Waals surface area contributed by atoms with Crippen LogP contribution in [0.1, 0.15) is 19.3 Å². The van der Waals surface area contributed by atoms with Gasteiger partial charge in [-0.3, -0.25) is 4.79 Å². The van der Waals surface area contributed by atoms with E-state index in [9.17, 15) is 48.3 Å². The zero-order valence-corrected chi connectivity index (χ0v) is 11.5. The molecule has 0 aliphatic carbocycles. The lowest BCUT2D eigenvalue weighted by Gasteiger charge is -2.21. The number of rotatable bonds is 7. The predicted molar refractivity (Wildman–Crippen MR) is 57.7 cm³/mol. The molecule has 22 heavy (non-hydrogen) atoms. The molecular formula is C9H11F8NO3S. The third-order valence-electron chi connectivity index (χ3n) is 2.56. The van der Waals surface area contributed by atoms with Gasteiger partial charge in [-0.15, -0.1) is 0 Å². The highest BCUT2D eigenvalue weighted by Crippen LogP contribution is 2.39. The average Bonchev–Trinajstić information content (AvgIpc) is 2.23. The Morgan fingerprint density at radius 3 is 1.73 bits per heavy atom. The second kappa shape index (κ2) is 6.54. The number of hydrogen-bond acceptors (Lipinski definition) is 3. The standard InChI is InChI=1S/C9H11F8NO3S/c10-7(11,9(15,16)17)2-1-5(6(18)19)22(20,21)4-3-8(12,13)14/h5H,1-4H2,(H2,18,19). The van der Waals surface area contributed by atoms with Crippen molar-refractivity contribution in [2.75, 3.05) is 5.75 Å². The number of carbonyl (C=O) groups is 1. The maximum Gasteiger partial charge on any atom is 0.453 e. The van der Waals surface area contributed by atoms with E-state index in [0.29, 0.717) is 0 Å². The van der Waals surface area contributed by atoms with Gasteiger partial charge in [0.15, 0.2) is 9.84 Å². The van der Waals surface area contributed by atoms with Crippen molar-refractivity contribution in [2.45, 2.75) is 42.8 Å². The van der Waals surface area contributed by atoms with E-state index < -0.39 is 64.3 Å². The van der Waals surface area contributed by atoms with E-state index >= 15 is 0 Å². The van der Waals surface area contributed by atoms with E-state index in [1.807, 2.05) is 0 Å². The van der Waals surface area contributed by atoms with Gasteiger partial charge in [-0.25, -0.2) is 8.42 Å². The number of carbonyl (C=O) groups excluding carboxylic acids is 1. The summed E-state index contributed by atoms with van der Waals surface area (Å²) in [5, 5.41) is -2.55. The Morgan fingerprint density at radius 2 is 1.41 bits per heavy atom. The minimum Gasteiger partial charge on any atom is -0.369 e. The minimum atomic E-state index is -5.98. The normalized spacial score (nSPS) is 15.6. The zero-order chi connectivity index (χ0) is 18.0. The molecule has 1 amide bonds. The number of halogens is 8. The lowest BCUT2D eigenvalue weighted by Crippen LogP contribution is -2.42. The summed E-state index contributed by atoms with van der Waals surface area (Å²) in [5.41, 5.74) is 4.58. The molecule has 0 saturated heterocycles. The van der Waals surface area contributed by atoms with Crippen LogP contribution in [-0.2, 0) is 14.6 Å². The maximum absolute atomic E-state index is 12.7. The Morgan fingerprint density at radius 1 is 0.955 bits per heavy atom. The molecule has 1 unspecified atom stereocenters. The van der Waals surface area contributed by atoms with Crippen LogP contribution in [0.4, 0.5) is 35.1 Å². The van der Waals surface area contributed by atoms with E-state index in [1.54, 1.807) is 0 Å². The molecule has 0 bridgehead atoms. The molecule has 132 valence electrons. The van der Waals surface area contributed by atoms with Gasteiger partial charge in [0.25, 0.3) is 0 Å². The van der Waals surface area contributed by atoms with Crippen LogP contribution < -0.4 is 5.73 Å². The maximum atomic E-state index is 12.7. The Hall–Kier alpha value is -1.14. The fourth-order valence-corrected chi connectivity index (χ4v) is 2.98. The first-order valence-electron chi connectivity index (χ1n) is 5.52. The monoisotopic (exact) mass is 365 g/mol. The lowest BCUT2D eigenvalue weighted by molar-refractivity contribution is -0.284. The van der Waals surface area contributed by atoms with E-state index in [1.165, 1.54) is 0 Å². The van der Waals surface area contributed by atoms with Crippen molar-refractivity contribution in [3.05, 3.63) is 0 Å². The first kappa shape index (κ1) is 20.9. The first-order valence-corrected chi connectivity index (χ1v) is 7.23. The summed E-state index contributed by atoms with van der Waals surface area (Å²) in [7, 11) is -4.92. The van der Waals surface area contributed by atoms with Gasteiger partial charge in [0.05, 0.1) is 12.2 Å². The average molecular weight is 365 g/mol. The topological polar surface area (TPSA) is 77.2 Å². The first-order chi connectivity index (χ1) is 9.50. The third kappa shape index (κ3) is 6.32. The Kier molecular flexibility index (Phi) is 6.20. The second-order valence-corrected chi connectivity index (χ2v) is 6.67. The van der Waals surface area contributed by atoms with Crippen molar-refractivity contribution in [3.63, 3.8) is 0 Å². The molecule has 0 radical (unpaired) electrons. The van der Waals surface area contributed by atoms with Crippen molar-refractivity contribution in [3.8, 4) is 0 Å². The fraction of sp³-hybridized carbons (Fsp3) is 0.889. The highest BCUT2D eigenvalue weighted by Gasteiger charge is 2.57. The van der Waals surface area contributed by atoms with Crippen LogP contribution >= 0.6 is 0 Å². The van der Waals surface area contributed by atoms with Gasteiger partial charge in [-0.1, -0.05) is 0 Å². The van der Waals surface area contributed by atoms with Crippen molar-refractivity contribution in [1.29, 1.82) is 0 Å². The molecule has 0 spiro atoms. The van der Waals surface area contributed by atoms with Crippen LogP contribution in [0.3, 0.4) is 0 Å². The summed E-state index contributed by atoms with van der Waals surface area (Å²) >= 11 is 0. The van der Waals surface area contributed by atoms with Crippen molar-refractivity contribution in [2.24, 2.45) is 5.73 Å². The summed E-state index contributed by atoms with van der Waals surface area (Å²) in [6.45, 7) is 0. The number of alkyl halides is 8. The Labute approximate surface area is 119 Å². The van der Waals surface area contributed by atoms with E-state index in [-0.39, 0.29) is 0 Å². The molecule has 0 fully saturated rings. The molecule has 0 saturated carbocycles. The summed E-state index contributed by atoms with van der Waals surface area (Å²) in [5.74, 6) is -8.72. The van der Waals surface area contributed by atoms with Crippen molar-refractivity contribution >= 4 is 15.7 Å². The number of sulfone groups is 1. The summed E-state index contributed by atoms with van der Waals surface area (Å²) in [4.78, 5) is 10.9. The van der Waals surface area contributed by atoms with Crippen LogP contribution in [0.2, 0.25) is 0 Å². The number of hydrogen-bond donors (Lipinski definition) is 1. The highest BCUT2D eigenvalue weighted by atomic mass is 32.2. The van der Waals surface area contributed by atoms with Crippen LogP contribution in [0.5, 0.6) is 0 Å². The molecule has 0 aliphatic heterocycles. The molecule has 2 N–H and O–H groups in total.